The van der Waals surface area contributed by atoms with Gasteiger partial charge in [0.2, 0.25) is 11.7 Å². The van der Waals surface area contributed by atoms with Crippen LogP contribution in [-0.2, 0) is 4.79 Å². The number of aromatic nitrogens is 4. The number of amides is 1. The van der Waals surface area contributed by atoms with Gasteiger partial charge in [-0.15, -0.1) is 0 Å². The van der Waals surface area contributed by atoms with Gasteiger partial charge in [0.05, 0.1) is 50.5 Å². The molecular weight excluding hydrogens is 410 g/mol. The molecule has 0 aliphatic heterocycles. The maximum Gasteiger partial charge on any atom is 0.247 e. The van der Waals surface area contributed by atoms with Crippen molar-refractivity contribution in [1.82, 2.24) is 19.5 Å². The summed E-state index contributed by atoms with van der Waals surface area (Å²) in [6.45, 7) is 3.47. The highest BCUT2D eigenvalue weighted by Crippen LogP contribution is 2.40. The van der Waals surface area contributed by atoms with Gasteiger partial charge in [-0.1, -0.05) is 6.58 Å². The predicted molar refractivity (Wildman–Crippen MR) is 121 cm³/mol. The zero-order valence-electron chi connectivity index (χ0n) is 17.8. The second-order valence-corrected chi connectivity index (χ2v) is 6.69. The molecule has 2 aromatic heterocycles. The summed E-state index contributed by atoms with van der Waals surface area (Å²) in [6.07, 6.45) is 6.16. The number of methoxy groups -OCH3 is 3. The molecule has 0 saturated heterocycles. The molecule has 9 heteroatoms. The second kappa shape index (κ2) is 8.76. The molecule has 0 atom stereocenters. The van der Waals surface area contributed by atoms with Crippen LogP contribution >= 0.6 is 0 Å². The van der Waals surface area contributed by atoms with Crippen molar-refractivity contribution < 1.29 is 19.0 Å². The Labute approximate surface area is 184 Å². The topological polar surface area (TPSA) is 100 Å². The first-order chi connectivity index (χ1) is 15.6. The van der Waals surface area contributed by atoms with E-state index in [1.165, 1.54) is 6.08 Å². The Bertz CT molecular complexity index is 1290. The molecule has 0 spiro atoms. The molecule has 0 unspecified atom stereocenters. The number of imidazole rings is 1. The first-order valence-corrected chi connectivity index (χ1v) is 9.61. The molecule has 0 radical (unpaired) electrons. The van der Waals surface area contributed by atoms with Gasteiger partial charge >= 0.3 is 0 Å². The second-order valence-electron chi connectivity index (χ2n) is 6.69. The van der Waals surface area contributed by atoms with Crippen LogP contribution in [0.5, 0.6) is 17.2 Å². The lowest BCUT2D eigenvalue weighted by Crippen LogP contribution is -2.07. The number of nitrogens with zero attached hydrogens (tertiary/aromatic N) is 4. The fraction of sp³-hybridized carbons (Fsp3) is 0.130. The normalized spacial score (nSPS) is 10.6. The zero-order chi connectivity index (χ0) is 22.7. The fourth-order valence-electron chi connectivity index (χ4n) is 3.30. The Morgan fingerprint density at radius 2 is 1.81 bits per heavy atom. The van der Waals surface area contributed by atoms with Crippen LogP contribution in [0.15, 0.2) is 61.7 Å². The lowest BCUT2D eigenvalue weighted by Gasteiger charge is -2.14. The predicted octanol–water partition coefficient (Wildman–Crippen LogP) is 3.63. The number of carbonyl (C=O) groups excluding carboxylic acids is 1. The van der Waals surface area contributed by atoms with Crippen molar-refractivity contribution in [2.45, 2.75) is 0 Å². The summed E-state index contributed by atoms with van der Waals surface area (Å²) < 4.78 is 18.1. The van der Waals surface area contributed by atoms with E-state index in [9.17, 15) is 4.79 Å². The third-order valence-electron chi connectivity index (χ3n) is 4.83. The van der Waals surface area contributed by atoms with E-state index < -0.39 is 0 Å². The van der Waals surface area contributed by atoms with E-state index in [-0.39, 0.29) is 5.91 Å². The van der Waals surface area contributed by atoms with Gasteiger partial charge in [0.1, 0.15) is 6.33 Å². The molecule has 0 aliphatic rings. The highest BCUT2D eigenvalue weighted by Gasteiger charge is 2.16. The quantitative estimate of drug-likeness (QED) is 0.446. The number of carbonyl (C=O) groups is 1. The van der Waals surface area contributed by atoms with E-state index in [0.29, 0.717) is 34.4 Å². The minimum atomic E-state index is -0.292. The SMILES string of the molecule is C=CC(=O)Nc1ccc2ncn(-c3cncc(-c4cc(OC)c(OC)c(OC)c4)n3)c2c1. The van der Waals surface area contributed by atoms with E-state index in [0.717, 1.165) is 16.6 Å². The average Bonchev–Trinajstić information content (AvgIpc) is 3.26. The monoisotopic (exact) mass is 431 g/mol. The lowest BCUT2D eigenvalue weighted by atomic mass is 10.1. The Hall–Kier alpha value is -4.40. The maximum atomic E-state index is 11.7. The largest absolute Gasteiger partial charge is 0.493 e. The average molecular weight is 431 g/mol. The van der Waals surface area contributed by atoms with Crippen LogP contribution in [0.2, 0.25) is 0 Å². The first kappa shape index (κ1) is 20.9. The number of ether oxygens (including phenoxy) is 3. The van der Waals surface area contributed by atoms with Crippen LogP contribution in [0.4, 0.5) is 5.69 Å². The van der Waals surface area contributed by atoms with Gasteiger partial charge in [0, 0.05) is 11.3 Å². The Balaban J connectivity index is 1.79. The summed E-state index contributed by atoms with van der Waals surface area (Å²) in [5.74, 6) is 1.80. The molecule has 0 saturated carbocycles. The summed E-state index contributed by atoms with van der Waals surface area (Å²) in [5.41, 5.74) is 3.50. The number of rotatable bonds is 7. The van der Waals surface area contributed by atoms with Crippen molar-refractivity contribution >= 4 is 22.6 Å². The number of hydrogen-bond donors (Lipinski definition) is 1. The van der Waals surface area contributed by atoms with E-state index >= 15 is 0 Å². The van der Waals surface area contributed by atoms with Crippen molar-refractivity contribution in [3.8, 4) is 34.3 Å². The van der Waals surface area contributed by atoms with Crippen molar-refractivity contribution in [3.63, 3.8) is 0 Å². The van der Waals surface area contributed by atoms with Crippen LogP contribution < -0.4 is 19.5 Å². The smallest absolute Gasteiger partial charge is 0.247 e. The van der Waals surface area contributed by atoms with Crippen LogP contribution in [0.1, 0.15) is 0 Å². The molecule has 1 amide bonds. The molecule has 0 bridgehead atoms. The molecule has 2 heterocycles. The van der Waals surface area contributed by atoms with Crippen molar-refractivity contribution in [1.29, 1.82) is 0 Å². The molecule has 4 aromatic rings. The summed E-state index contributed by atoms with van der Waals surface area (Å²) >= 11 is 0. The number of hydrogen-bond acceptors (Lipinski definition) is 7. The summed E-state index contributed by atoms with van der Waals surface area (Å²) in [5, 5.41) is 2.75. The summed E-state index contributed by atoms with van der Waals surface area (Å²) in [7, 11) is 4.67. The lowest BCUT2D eigenvalue weighted by molar-refractivity contribution is -0.111. The molecule has 1 N–H and O–H groups in total. The van der Waals surface area contributed by atoms with Gasteiger partial charge in [-0.05, 0) is 36.4 Å². The van der Waals surface area contributed by atoms with Gasteiger partial charge in [-0.25, -0.2) is 9.97 Å². The Kier molecular flexibility index (Phi) is 5.71. The molecule has 9 nitrogen and oxygen atoms in total. The minimum absolute atomic E-state index is 0.292. The summed E-state index contributed by atoms with van der Waals surface area (Å²) in [4.78, 5) is 25.2. The molecule has 0 aliphatic carbocycles. The highest BCUT2D eigenvalue weighted by molar-refractivity contribution is 6.00. The van der Waals surface area contributed by atoms with Crippen LogP contribution in [0.3, 0.4) is 0 Å². The van der Waals surface area contributed by atoms with E-state index in [2.05, 4.69) is 21.9 Å². The number of anilines is 1. The van der Waals surface area contributed by atoms with Crippen LogP contribution in [0, 0.1) is 0 Å². The third kappa shape index (κ3) is 3.83. The molecular formula is C23H21N5O4. The van der Waals surface area contributed by atoms with Crippen molar-refractivity contribution in [3.05, 3.63) is 61.7 Å². The zero-order valence-corrected chi connectivity index (χ0v) is 17.8. The Morgan fingerprint density at radius 3 is 2.47 bits per heavy atom. The number of fused-ring (bicyclic) bond motifs is 1. The van der Waals surface area contributed by atoms with Gasteiger partial charge in [-0.3, -0.25) is 14.3 Å². The summed E-state index contributed by atoms with van der Waals surface area (Å²) in [6, 6.07) is 9.03. The van der Waals surface area contributed by atoms with Gasteiger partial charge in [-0.2, -0.15) is 0 Å². The van der Waals surface area contributed by atoms with Gasteiger partial charge < -0.3 is 19.5 Å². The van der Waals surface area contributed by atoms with Crippen molar-refractivity contribution in [2.75, 3.05) is 26.6 Å². The highest BCUT2D eigenvalue weighted by atomic mass is 16.5. The van der Waals surface area contributed by atoms with Crippen molar-refractivity contribution in [2.24, 2.45) is 0 Å². The van der Waals surface area contributed by atoms with Crippen LogP contribution in [-0.4, -0.2) is 46.8 Å². The standard InChI is InChI=1S/C23H21N5O4/c1-5-22(29)26-15-6-7-16-18(10-15)28(13-25-16)21-12-24-11-17(27-21)14-8-19(30-2)23(32-4)20(9-14)31-3/h5-13H,1H2,2-4H3,(H,26,29). The minimum Gasteiger partial charge on any atom is -0.493 e. The molecule has 0 fully saturated rings. The molecule has 4 rings (SSSR count). The number of nitrogens with one attached hydrogen (secondary N) is 1. The number of benzene rings is 2. The fourth-order valence-corrected chi connectivity index (χ4v) is 3.30. The van der Waals surface area contributed by atoms with E-state index in [4.69, 9.17) is 19.2 Å². The molecule has 2 aromatic carbocycles. The Morgan fingerprint density at radius 1 is 1.06 bits per heavy atom. The molecule has 162 valence electrons. The maximum absolute atomic E-state index is 11.7. The first-order valence-electron chi connectivity index (χ1n) is 9.61. The van der Waals surface area contributed by atoms with Gasteiger partial charge in [0.25, 0.3) is 0 Å². The van der Waals surface area contributed by atoms with Crippen LogP contribution in [0.25, 0.3) is 28.1 Å². The van der Waals surface area contributed by atoms with Gasteiger partial charge in [0.15, 0.2) is 17.3 Å². The third-order valence-corrected chi connectivity index (χ3v) is 4.83. The van der Waals surface area contributed by atoms with E-state index in [1.807, 2.05) is 24.3 Å². The molecule has 32 heavy (non-hydrogen) atoms. The van der Waals surface area contributed by atoms with E-state index in [1.54, 1.807) is 50.7 Å².